The number of piperazine rings is 1. The van der Waals surface area contributed by atoms with E-state index in [1.165, 1.54) is 17.7 Å². The summed E-state index contributed by atoms with van der Waals surface area (Å²) in [6.07, 6.45) is 0. The Morgan fingerprint density at radius 1 is 0.739 bits per heavy atom. The molecule has 1 saturated heterocycles. The third-order valence-electron chi connectivity index (χ3n) is 4.17. The summed E-state index contributed by atoms with van der Waals surface area (Å²) in [7, 11) is 0. The smallest absolute Gasteiger partial charge is 0.159 e. The predicted octanol–water partition coefficient (Wildman–Crippen LogP) is 4.05. The van der Waals surface area contributed by atoms with Crippen LogP contribution in [0.2, 0.25) is 0 Å². The maximum Gasteiger partial charge on any atom is 0.159 e. The van der Waals surface area contributed by atoms with Crippen LogP contribution in [0.1, 0.15) is 11.1 Å². The van der Waals surface area contributed by atoms with Gasteiger partial charge < -0.3 is 0 Å². The van der Waals surface area contributed by atoms with Crippen molar-refractivity contribution in [3.05, 3.63) is 69.7 Å². The lowest BCUT2D eigenvalue weighted by Gasteiger charge is -2.34. The van der Waals surface area contributed by atoms with Gasteiger partial charge >= 0.3 is 0 Å². The van der Waals surface area contributed by atoms with Crippen LogP contribution in [0.5, 0.6) is 0 Å². The molecule has 2 aromatic carbocycles. The van der Waals surface area contributed by atoms with Crippen LogP contribution >= 0.6 is 15.9 Å². The first-order valence-corrected chi connectivity index (χ1v) is 8.52. The maximum atomic E-state index is 13.3. The van der Waals surface area contributed by atoms with Gasteiger partial charge in [0.2, 0.25) is 0 Å². The van der Waals surface area contributed by atoms with Gasteiger partial charge in [0, 0.05) is 43.7 Å². The van der Waals surface area contributed by atoms with Gasteiger partial charge in [0.1, 0.15) is 0 Å². The Hall–Kier alpha value is -1.30. The molecule has 0 aliphatic carbocycles. The molecule has 0 spiro atoms. The molecule has 0 N–H and O–H groups in total. The van der Waals surface area contributed by atoms with Crippen molar-refractivity contribution in [3.8, 4) is 0 Å². The Bertz CT molecular complexity index is 653. The molecule has 5 heteroatoms. The summed E-state index contributed by atoms with van der Waals surface area (Å²) in [4.78, 5) is 4.70. The molecule has 0 unspecified atom stereocenters. The minimum Gasteiger partial charge on any atom is -0.297 e. The Kier molecular flexibility index (Phi) is 5.41. The fourth-order valence-corrected chi connectivity index (χ4v) is 3.11. The molecule has 0 radical (unpaired) electrons. The summed E-state index contributed by atoms with van der Waals surface area (Å²) in [5.41, 5.74) is 2.13. The summed E-state index contributed by atoms with van der Waals surface area (Å²) >= 11 is 3.45. The molecule has 0 amide bonds. The van der Waals surface area contributed by atoms with E-state index in [1.807, 2.05) is 0 Å². The third kappa shape index (κ3) is 4.59. The van der Waals surface area contributed by atoms with Crippen molar-refractivity contribution in [2.45, 2.75) is 13.1 Å². The highest BCUT2D eigenvalue weighted by atomic mass is 79.9. The zero-order valence-corrected chi connectivity index (χ0v) is 14.4. The second-order valence-corrected chi connectivity index (χ2v) is 6.84. The number of halogens is 3. The first-order valence-electron chi connectivity index (χ1n) is 7.73. The highest BCUT2D eigenvalue weighted by Gasteiger charge is 2.17. The second-order valence-electron chi connectivity index (χ2n) is 5.93. The van der Waals surface area contributed by atoms with E-state index in [0.717, 1.165) is 42.8 Å². The number of benzene rings is 2. The molecule has 122 valence electrons. The monoisotopic (exact) mass is 380 g/mol. The molecule has 2 nitrogen and oxygen atoms in total. The van der Waals surface area contributed by atoms with Crippen LogP contribution in [-0.4, -0.2) is 36.0 Å². The molecule has 0 aromatic heterocycles. The normalized spacial score (nSPS) is 16.7. The van der Waals surface area contributed by atoms with Gasteiger partial charge in [-0.3, -0.25) is 9.80 Å². The first-order chi connectivity index (χ1) is 11.1. The predicted molar refractivity (Wildman–Crippen MR) is 91.1 cm³/mol. The van der Waals surface area contributed by atoms with Gasteiger partial charge in [-0.25, -0.2) is 8.78 Å². The topological polar surface area (TPSA) is 6.48 Å². The van der Waals surface area contributed by atoms with Crippen molar-refractivity contribution in [3.63, 3.8) is 0 Å². The summed E-state index contributed by atoms with van der Waals surface area (Å²) < 4.78 is 27.3. The highest BCUT2D eigenvalue weighted by molar-refractivity contribution is 9.10. The maximum absolute atomic E-state index is 13.3. The summed E-state index contributed by atoms with van der Waals surface area (Å²) in [6.45, 7) is 5.47. The molecule has 1 aliphatic rings. The fourth-order valence-electron chi connectivity index (χ4n) is 2.85. The van der Waals surface area contributed by atoms with E-state index in [4.69, 9.17) is 0 Å². The van der Waals surface area contributed by atoms with Gasteiger partial charge in [-0.05, 0) is 35.4 Å². The van der Waals surface area contributed by atoms with E-state index < -0.39 is 11.6 Å². The fraction of sp³-hybridized carbons (Fsp3) is 0.333. The molecule has 1 heterocycles. The van der Waals surface area contributed by atoms with Crippen LogP contribution in [0.4, 0.5) is 8.78 Å². The lowest BCUT2D eigenvalue weighted by Crippen LogP contribution is -2.45. The van der Waals surface area contributed by atoms with Crippen LogP contribution in [-0.2, 0) is 13.1 Å². The van der Waals surface area contributed by atoms with Gasteiger partial charge in [-0.2, -0.15) is 0 Å². The first kappa shape index (κ1) is 16.6. The van der Waals surface area contributed by atoms with E-state index in [-0.39, 0.29) is 0 Å². The Morgan fingerprint density at radius 3 is 1.83 bits per heavy atom. The molecule has 0 atom stereocenters. The van der Waals surface area contributed by atoms with Gasteiger partial charge in [0.15, 0.2) is 11.6 Å². The lowest BCUT2D eigenvalue weighted by atomic mass is 10.1. The van der Waals surface area contributed by atoms with E-state index in [2.05, 4.69) is 50.0 Å². The van der Waals surface area contributed by atoms with Crippen molar-refractivity contribution in [2.75, 3.05) is 26.2 Å². The molecule has 0 saturated carbocycles. The van der Waals surface area contributed by atoms with Crippen molar-refractivity contribution < 1.29 is 8.78 Å². The van der Waals surface area contributed by atoms with Crippen molar-refractivity contribution in [1.82, 2.24) is 9.80 Å². The van der Waals surface area contributed by atoms with Crippen molar-refractivity contribution in [1.29, 1.82) is 0 Å². The number of hydrogen-bond acceptors (Lipinski definition) is 2. The van der Waals surface area contributed by atoms with Gasteiger partial charge in [0.05, 0.1) is 0 Å². The van der Waals surface area contributed by atoms with Crippen molar-refractivity contribution in [2.24, 2.45) is 0 Å². The van der Waals surface area contributed by atoms with Crippen LogP contribution < -0.4 is 0 Å². The van der Waals surface area contributed by atoms with E-state index in [0.29, 0.717) is 6.54 Å². The molecular formula is C18H19BrF2N2. The second kappa shape index (κ2) is 7.51. The molecule has 2 aromatic rings. The molecule has 1 fully saturated rings. The third-order valence-corrected chi connectivity index (χ3v) is 4.70. The lowest BCUT2D eigenvalue weighted by molar-refractivity contribution is 0.122. The van der Waals surface area contributed by atoms with E-state index in [9.17, 15) is 8.78 Å². The van der Waals surface area contributed by atoms with Gasteiger partial charge in [-0.15, -0.1) is 0 Å². The minimum absolute atomic E-state index is 0.670. The average molecular weight is 381 g/mol. The standard InChI is InChI=1S/C18H19BrF2N2/c19-16-4-1-14(2-5-16)12-22-7-9-23(10-8-22)13-15-3-6-17(20)18(21)11-15/h1-6,11H,7-10,12-13H2. The quantitative estimate of drug-likeness (QED) is 0.789. The number of nitrogens with zero attached hydrogens (tertiary/aromatic N) is 2. The molecule has 1 aliphatic heterocycles. The Balaban J connectivity index is 1.50. The van der Waals surface area contributed by atoms with Gasteiger partial charge in [-0.1, -0.05) is 34.1 Å². The molecule has 3 rings (SSSR count). The van der Waals surface area contributed by atoms with Crippen molar-refractivity contribution >= 4 is 15.9 Å². The zero-order chi connectivity index (χ0) is 16.2. The summed E-state index contributed by atoms with van der Waals surface area (Å²) in [5, 5.41) is 0. The molecule has 0 bridgehead atoms. The van der Waals surface area contributed by atoms with Crippen LogP contribution in [0.3, 0.4) is 0 Å². The van der Waals surface area contributed by atoms with Crippen LogP contribution in [0.25, 0.3) is 0 Å². The summed E-state index contributed by atoms with van der Waals surface area (Å²) in [5.74, 6) is -1.55. The Morgan fingerprint density at radius 2 is 1.26 bits per heavy atom. The van der Waals surface area contributed by atoms with E-state index >= 15 is 0 Å². The largest absolute Gasteiger partial charge is 0.297 e. The molecular weight excluding hydrogens is 362 g/mol. The number of hydrogen-bond donors (Lipinski definition) is 0. The SMILES string of the molecule is Fc1ccc(CN2CCN(Cc3ccc(Br)cc3)CC2)cc1F. The number of rotatable bonds is 4. The van der Waals surface area contributed by atoms with Crippen LogP contribution in [0.15, 0.2) is 46.9 Å². The minimum atomic E-state index is -0.784. The highest BCUT2D eigenvalue weighted by Crippen LogP contribution is 2.15. The zero-order valence-electron chi connectivity index (χ0n) is 12.8. The Labute approximate surface area is 143 Å². The van der Waals surface area contributed by atoms with Gasteiger partial charge in [0.25, 0.3) is 0 Å². The molecule has 23 heavy (non-hydrogen) atoms. The summed E-state index contributed by atoms with van der Waals surface area (Å²) in [6, 6.07) is 12.6. The van der Waals surface area contributed by atoms with Crippen LogP contribution in [0, 0.1) is 11.6 Å². The average Bonchev–Trinajstić information content (AvgIpc) is 2.55. The van der Waals surface area contributed by atoms with E-state index in [1.54, 1.807) is 6.07 Å².